The Bertz CT molecular complexity index is 1160. The van der Waals surface area contributed by atoms with Crippen LogP contribution in [0.4, 0.5) is 4.39 Å². The predicted octanol–water partition coefficient (Wildman–Crippen LogP) is 2.56. The summed E-state index contributed by atoms with van der Waals surface area (Å²) in [7, 11) is -3.61. The Balaban J connectivity index is 1.94. The Morgan fingerprint density at radius 3 is 2.93 bits per heavy atom. The standard InChI is InChI=1S/C18H16BrFN4O4S2/c1-2-28-18(25)14-13-8-22-30(26,27)9-24(13)16(17-21-5-6-29-17)23-15(14)11-4-3-10(20)7-12(11)19/h3-7,15,22H,2,8-9H2,1H3/t15-/m0/s1. The van der Waals surface area contributed by atoms with E-state index in [-0.39, 0.29) is 18.7 Å². The zero-order valence-corrected chi connectivity index (χ0v) is 18.9. The highest BCUT2D eigenvalue weighted by Gasteiger charge is 2.41. The summed E-state index contributed by atoms with van der Waals surface area (Å²) in [6.45, 7) is 1.72. The number of benzene rings is 1. The molecule has 2 aliphatic rings. The van der Waals surface area contributed by atoms with Crippen molar-refractivity contribution in [1.82, 2.24) is 14.6 Å². The van der Waals surface area contributed by atoms with Crippen molar-refractivity contribution in [2.24, 2.45) is 4.99 Å². The van der Waals surface area contributed by atoms with Gasteiger partial charge in [-0.15, -0.1) is 11.3 Å². The SMILES string of the molecule is CCOC(=O)C1=C2CNS(=O)(=O)CN2C(c2nccs2)=N[C@H]1c1ccc(F)cc1Br. The number of carbonyl (C=O) groups excluding carboxylic acids is 1. The Morgan fingerprint density at radius 1 is 1.47 bits per heavy atom. The van der Waals surface area contributed by atoms with Gasteiger partial charge in [-0.05, 0) is 24.6 Å². The lowest BCUT2D eigenvalue weighted by Crippen LogP contribution is -2.51. The average Bonchev–Trinajstić information content (AvgIpc) is 3.21. The number of hydrogen-bond donors (Lipinski definition) is 1. The van der Waals surface area contributed by atoms with Gasteiger partial charge in [-0.1, -0.05) is 22.0 Å². The molecule has 0 unspecified atom stereocenters. The van der Waals surface area contributed by atoms with E-state index in [4.69, 9.17) is 9.73 Å². The summed E-state index contributed by atoms with van der Waals surface area (Å²) in [6.07, 6.45) is 1.59. The quantitative estimate of drug-likeness (QED) is 0.629. The number of carbonyl (C=O) groups is 1. The van der Waals surface area contributed by atoms with Gasteiger partial charge in [0, 0.05) is 21.7 Å². The molecule has 0 radical (unpaired) electrons. The molecule has 8 nitrogen and oxygen atoms in total. The molecule has 0 spiro atoms. The first-order chi connectivity index (χ1) is 14.3. The van der Waals surface area contributed by atoms with Crippen LogP contribution in [0.3, 0.4) is 0 Å². The molecule has 4 rings (SSSR count). The Labute approximate surface area is 184 Å². The monoisotopic (exact) mass is 514 g/mol. The highest BCUT2D eigenvalue weighted by Crippen LogP contribution is 2.40. The molecule has 2 aliphatic heterocycles. The van der Waals surface area contributed by atoms with Crippen LogP contribution in [-0.2, 0) is 19.6 Å². The van der Waals surface area contributed by atoms with Gasteiger partial charge >= 0.3 is 5.97 Å². The van der Waals surface area contributed by atoms with Gasteiger partial charge in [0.2, 0.25) is 10.0 Å². The number of hydrogen-bond acceptors (Lipinski definition) is 8. The summed E-state index contributed by atoms with van der Waals surface area (Å²) in [6, 6.07) is 3.28. The minimum absolute atomic E-state index is 0.101. The zero-order valence-electron chi connectivity index (χ0n) is 15.6. The molecular formula is C18H16BrFN4O4S2. The normalized spacial score (nSPS) is 20.6. The van der Waals surface area contributed by atoms with Gasteiger partial charge in [0.1, 0.15) is 17.7 Å². The Kier molecular flexibility index (Phi) is 5.75. The van der Waals surface area contributed by atoms with Crippen molar-refractivity contribution in [3.63, 3.8) is 0 Å². The van der Waals surface area contributed by atoms with Crippen LogP contribution in [0.15, 0.2) is 50.5 Å². The minimum atomic E-state index is -3.61. The van der Waals surface area contributed by atoms with E-state index in [2.05, 4.69) is 25.6 Å². The summed E-state index contributed by atoms with van der Waals surface area (Å²) < 4.78 is 46.3. The molecule has 3 heterocycles. The summed E-state index contributed by atoms with van der Waals surface area (Å²) in [5.74, 6) is -1.12. The van der Waals surface area contributed by atoms with Gasteiger partial charge in [-0.2, -0.15) is 0 Å². The van der Waals surface area contributed by atoms with Crippen molar-refractivity contribution < 1.29 is 22.3 Å². The molecule has 0 bridgehead atoms. The third kappa shape index (κ3) is 3.92. The smallest absolute Gasteiger partial charge is 0.338 e. The van der Waals surface area contributed by atoms with E-state index in [1.807, 2.05) is 0 Å². The second-order valence-corrected chi connectivity index (χ2v) is 9.96. The molecule has 1 N–H and O–H groups in total. The molecule has 2 aromatic rings. The molecule has 1 aromatic heterocycles. The lowest BCUT2D eigenvalue weighted by Gasteiger charge is -2.38. The highest BCUT2D eigenvalue weighted by molar-refractivity contribution is 9.10. The zero-order chi connectivity index (χ0) is 21.5. The average molecular weight is 515 g/mol. The van der Waals surface area contributed by atoms with Crippen LogP contribution in [0.1, 0.15) is 23.5 Å². The number of aromatic nitrogens is 1. The number of nitrogens with one attached hydrogen (secondary N) is 1. The van der Waals surface area contributed by atoms with E-state index in [1.54, 1.807) is 18.5 Å². The number of halogens is 2. The second kappa shape index (κ2) is 8.17. The van der Waals surface area contributed by atoms with Crippen LogP contribution < -0.4 is 4.72 Å². The lowest BCUT2D eigenvalue weighted by molar-refractivity contribution is -0.139. The molecular weight excluding hydrogens is 499 g/mol. The molecule has 158 valence electrons. The number of nitrogens with zero attached hydrogens (tertiary/aromatic N) is 3. The first-order valence-electron chi connectivity index (χ1n) is 8.88. The van der Waals surface area contributed by atoms with Crippen LogP contribution in [0.2, 0.25) is 0 Å². The molecule has 0 amide bonds. The number of rotatable bonds is 4. The topological polar surface area (TPSA) is 101 Å². The largest absolute Gasteiger partial charge is 0.463 e. The number of sulfonamides is 1. The molecule has 1 atom stereocenters. The van der Waals surface area contributed by atoms with Gasteiger partial charge in [-0.25, -0.2) is 27.3 Å². The fourth-order valence-electron chi connectivity index (χ4n) is 3.30. The number of ether oxygens (including phenoxy) is 1. The molecule has 0 saturated carbocycles. The van der Waals surface area contributed by atoms with Gasteiger partial charge in [0.25, 0.3) is 0 Å². The van der Waals surface area contributed by atoms with Gasteiger partial charge in [0.05, 0.1) is 18.7 Å². The van der Waals surface area contributed by atoms with Crippen LogP contribution in [0.5, 0.6) is 0 Å². The second-order valence-electron chi connectivity index (χ2n) is 6.43. The van der Waals surface area contributed by atoms with Crippen LogP contribution in [-0.4, -0.2) is 49.1 Å². The van der Waals surface area contributed by atoms with E-state index in [0.29, 0.717) is 26.6 Å². The van der Waals surface area contributed by atoms with Crippen molar-refractivity contribution in [2.75, 3.05) is 19.0 Å². The van der Waals surface area contributed by atoms with E-state index in [0.717, 1.165) is 0 Å². The maximum absolute atomic E-state index is 13.7. The Hall–Kier alpha value is -2.15. The molecule has 1 aromatic carbocycles. The molecule has 12 heteroatoms. The maximum Gasteiger partial charge on any atom is 0.338 e. The summed E-state index contributed by atoms with van der Waals surface area (Å²) in [5.41, 5.74) is 1.19. The van der Waals surface area contributed by atoms with E-state index in [1.165, 1.54) is 34.4 Å². The Morgan fingerprint density at radius 2 is 2.27 bits per heavy atom. The fraction of sp³-hybridized carbons (Fsp3) is 0.278. The summed E-state index contributed by atoms with van der Waals surface area (Å²) in [5, 5.41) is 2.26. The van der Waals surface area contributed by atoms with Crippen LogP contribution >= 0.6 is 27.3 Å². The number of esters is 1. The third-order valence-corrected chi connectivity index (χ3v) is 7.19. The first-order valence-corrected chi connectivity index (χ1v) is 12.2. The number of amidine groups is 1. The highest BCUT2D eigenvalue weighted by atomic mass is 79.9. The lowest BCUT2D eigenvalue weighted by atomic mass is 9.95. The van der Waals surface area contributed by atoms with Gasteiger partial charge in [0.15, 0.2) is 10.8 Å². The van der Waals surface area contributed by atoms with Crippen LogP contribution in [0, 0.1) is 5.82 Å². The number of fused-ring (bicyclic) bond motifs is 1. The number of thiazole rings is 1. The molecule has 1 fully saturated rings. The fourth-order valence-corrected chi connectivity index (χ4v) is 5.58. The minimum Gasteiger partial charge on any atom is -0.463 e. The van der Waals surface area contributed by atoms with E-state index >= 15 is 0 Å². The molecule has 0 aliphatic carbocycles. The van der Waals surface area contributed by atoms with Gasteiger partial charge in [-0.3, -0.25) is 4.99 Å². The molecule has 30 heavy (non-hydrogen) atoms. The van der Waals surface area contributed by atoms with E-state index < -0.39 is 33.7 Å². The first kappa shape index (κ1) is 21.1. The van der Waals surface area contributed by atoms with Crippen molar-refractivity contribution in [1.29, 1.82) is 0 Å². The number of aliphatic imine (C=N–C) groups is 1. The maximum atomic E-state index is 13.7. The van der Waals surface area contributed by atoms with Gasteiger partial charge < -0.3 is 9.64 Å². The summed E-state index contributed by atoms with van der Waals surface area (Å²) >= 11 is 4.65. The van der Waals surface area contributed by atoms with Crippen LogP contribution in [0.25, 0.3) is 0 Å². The van der Waals surface area contributed by atoms with Crippen molar-refractivity contribution in [3.05, 3.63) is 61.9 Å². The predicted molar refractivity (Wildman–Crippen MR) is 113 cm³/mol. The van der Waals surface area contributed by atoms with Crippen molar-refractivity contribution >= 4 is 49.1 Å². The summed E-state index contributed by atoms with van der Waals surface area (Å²) in [4.78, 5) is 23.4. The van der Waals surface area contributed by atoms with Crippen molar-refractivity contribution in [2.45, 2.75) is 13.0 Å². The molecule has 1 saturated heterocycles. The van der Waals surface area contributed by atoms with E-state index in [9.17, 15) is 17.6 Å². The van der Waals surface area contributed by atoms with Crippen molar-refractivity contribution in [3.8, 4) is 0 Å². The third-order valence-electron chi connectivity index (χ3n) is 4.55.